The van der Waals surface area contributed by atoms with Gasteiger partial charge in [-0.3, -0.25) is 9.55 Å². The maximum atomic E-state index is 12.5. The third-order valence-electron chi connectivity index (χ3n) is 4.18. The zero-order valence-electron chi connectivity index (χ0n) is 15.4. The Morgan fingerprint density at radius 1 is 1.15 bits per heavy atom. The third kappa shape index (κ3) is 3.99. The van der Waals surface area contributed by atoms with E-state index >= 15 is 0 Å². The molecule has 0 bridgehead atoms. The molecule has 2 aromatic heterocycles. The molecular formula is C18H21N5O3S. The first kappa shape index (κ1) is 19.0. The van der Waals surface area contributed by atoms with Gasteiger partial charge in [-0.05, 0) is 43.2 Å². The molecule has 3 rings (SSSR count). The Hall–Kier alpha value is -2.78. The van der Waals surface area contributed by atoms with Crippen molar-refractivity contribution >= 4 is 10.0 Å². The Kier molecular flexibility index (Phi) is 5.24. The number of benzene rings is 1. The Morgan fingerprint density at radius 2 is 1.93 bits per heavy atom. The monoisotopic (exact) mass is 387 g/mol. The maximum Gasteiger partial charge on any atom is 0.346 e. The molecule has 0 saturated heterocycles. The minimum absolute atomic E-state index is 0.0499. The van der Waals surface area contributed by atoms with Crippen molar-refractivity contribution in [2.24, 2.45) is 7.05 Å². The second-order valence-corrected chi connectivity index (χ2v) is 8.01. The van der Waals surface area contributed by atoms with E-state index in [1.165, 1.54) is 9.25 Å². The van der Waals surface area contributed by atoms with E-state index in [2.05, 4.69) is 14.8 Å². The normalized spacial score (nSPS) is 11.7. The average Bonchev–Trinajstić information content (AvgIpc) is 2.93. The van der Waals surface area contributed by atoms with Crippen LogP contribution in [0.25, 0.3) is 11.5 Å². The van der Waals surface area contributed by atoms with Gasteiger partial charge in [0.2, 0.25) is 10.0 Å². The second kappa shape index (κ2) is 7.45. The van der Waals surface area contributed by atoms with Crippen LogP contribution in [0.2, 0.25) is 0 Å². The van der Waals surface area contributed by atoms with Gasteiger partial charge in [-0.25, -0.2) is 22.6 Å². The molecule has 0 aliphatic heterocycles. The Bertz CT molecular complexity index is 1120. The van der Waals surface area contributed by atoms with E-state index in [0.717, 1.165) is 5.56 Å². The molecule has 1 aromatic carbocycles. The van der Waals surface area contributed by atoms with E-state index in [1.807, 2.05) is 19.1 Å². The lowest BCUT2D eigenvalue weighted by molar-refractivity contribution is 0.550. The average molecular weight is 387 g/mol. The first-order chi connectivity index (χ1) is 12.8. The maximum absolute atomic E-state index is 12.5. The molecule has 0 amide bonds. The van der Waals surface area contributed by atoms with Crippen molar-refractivity contribution < 1.29 is 8.42 Å². The van der Waals surface area contributed by atoms with Gasteiger partial charge in [0.1, 0.15) is 5.69 Å². The zero-order valence-corrected chi connectivity index (χ0v) is 16.2. The van der Waals surface area contributed by atoms with Crippen LogP contribution in [-0.2, 0) is 23.6 Å². The lowest BCUT2D eigenvalue weighted by atomic mass is 10.2. The Balaban J connectivity index is 1.76. The molecule has 0 saturated carbocycles. The fourth-order valence-corrected chi connectivity index (χ4v) is 4.06. The molecule has 0 fully saturated rings. The summed E-state index contributed by atoms with van der Waals surface area (Å²) in [4.78, 5) is 16.8. The standard InChI is InChI=1S/C18H21N5O3S/c1-13-7-8-14(2)16(12-13)27(25,26)20-10-11-23-18(24)22(3)17(21-23)15-6-4-5-9-19-15/h4-9,12,20H,10-11H2,1-3H3. The lowest BCUT2D eigenvalue weighted by Crippen LogP contribution is -2.32. The summed E-state index contributed by atoms with van der Waals surface area (Å²) in [5.41, 5.74) is 1.77. The van der Waals surface area contributed by atoms with Gasteiger partial charge in [0.25, 0.3) is 0 Å². The molecule has 0 aliphatic rings. The van der Waals surface area contributed by atoms with Gasteiger partial charge >= 0.3 is 5.69 Å². The van der Waals surface area contributed by atoms with E-state index in [1.54, 1.807) is 44.4 Å². The minimum Gasteiger partial charge on any atom is -0.277 e. The van der Waals surface area contributed by atoms with Gasteiger partial charge in [0, 0.05) is 19.8 Å². The van der Waals surface area contributed by atoms with Crippen LogP contribution in [0.5, 0.6) is 0 Å². The highest BCUT2D eigenvalue weighted by atomic mass is 32.2. The minimum atomic E-state index is -3.66. The van der Waals surface area contributed by atoms with Crippen molar-refractivity contribution in [3.05, 3.63) is 64.2 Å². The summed E-state index contributed by atoms with van der Waals surface area (Å²) in [7, 11) is -2.06. The summed E-state index contributed by atoms with van der Waals surface area (Å²) in [6, 6.07) is 10.6. The van der Waals surface area contributed by atoms with Crippen LogP contribution in [0.15, 0.2) is 52.3 Å². The van der Waals surface area contributed by atoms with Crippen LogP contribution in [0.4, 0.5) is 0 Å². The second-order valence-electron chi connectivity index (χ2n) is 6.27. The number of hydrogen-bond donors (Lipinski definition) is 1. The molecule has 0 radical (unpaired) electrons. The SMILES string of the molecule is Cc1ccc(C)c(S(=O)(=O)NCCn2nc(-c3ccccn3)n(C)c2=O)c1. The third-order valence-corrected chi connectivity index (χ3v) is 5.79. The fourth-order valence-electron chi connectivity index (χ4n) is 2.71. The molecular weight excluding hydrogens is 366 g/mol. The molecule has 2 heterocycles. The summed E-state index contributed by atoms with van der Waals surface area (Å²) >= 11 is 0. The van der Waals surface area contributed by atoms with Gasteiger partial charge in [-0.2, -0.15) is 0 Å². The van der Waals surface area contributed by atoms with Crippen LogP contribution in [0, 0.1) is 13.8 Å². The van der Waals surface area contributed by atoms with Crippen molar-refractivity contribution in [3.63, 3.8) is 0 Å². The van der Waals surface area contributed by atoms with Crippen LogP contribution in [0.1, 0.15) is 11.1 Å². The van der Waals surface area contributed by atoms with Crippen molar-refractivity contribution in [2.75, 3.05) is 6.54 Å². The van der Waals surface area contributed by atoms with Crippen molar-refractivity contribution in [2.45, 2.75) is 25.3 Å². The van der Waals surface area contributed by atoms with Gasteiger partial charge < -0.3 is 0 Å². The molecule has 8 nitrogen and oxygen atoms in total. The van der Waals surface area contributed by atoms with Crippen LogP contribution in [-0.4, -0.2) is 34.3 Å². The lowest BCUT2D eigenvalue weighted by Gasteiger charge is -2.10. The van der Waals surface area contributed by atoms with Gasteiger partial charge in [-0.15, -0.1) is 5.10 Å². The summed E-state index contributed by atoms with van der Waals surface area (Å²) in [6.07, 6.45) is 1.62. The van der Waals surface area contributed by atoms with Gasteiger partial charge in [-0.1, -0.05) is 18.2 Å². The Morgan fingerprint density at radius 3 is 2.63 bits per heavy atom. The highest BCUT2D eigenvalue weighted by molar-refractivity contribution is 7.89. The van der Waals surface area contributed by atoms with E-state index in [4.69, 9.17) is 0 Å². The van der Waals surface area contributed by atoms with E-state index in [-0.39, 0.29) is 23.7 Å². The van der Waals surface area contributed by atoms with Crippen molar-refractivity contribution in [1.29, 1.82) is 0 Å². The molecule has 142 valence electrons. The molecule has 9 heteroatoms. The molecule has 1 N–H and O–H groups in total. The highest BCUT2D eigenvalue weighted by Gasteiger charge is 2.18. The number of pyridine rings is 1. The fraction of sp³-hybridized carbons (Fsp3) is 0.278. The Labute approximate surface area is 157 Å². The van der Waals surface area contributed by atoms with Crippen molar-refractivity contribution in [3.8, 4) is 11.5 Å². The number of nitrogens with zero attached hydrogens (tertiary/aromatic N) is 4. The zero-order chi connectivity index (χ0) is 19.6. The number of sulfonamides is 1. The van der Waals surface area contributed by atoms with E-state index < -0.39 is 10.0 Å². The quantitative estimate of drug-likeness (QED) is 0.686. The predicted octanol–water partition coefficient (Wildman–Crippen LogP) is 1.24. The summed E-state index contributed by atoms with van der Waals surface area (Å²) in [5.74, 6) is 0.429. The van der Waals surface area contributed by atoms with Crippen LogP contribution in [0.3, 0.4) is 0 Å². The molecule has 27 heavy (non-hydrogen) atoms. The molecule has 0 unspecified atom stereocenters. The highest BCUT2D eigenvalue weighted by Crippen LogP contribution is 2.16. The smallest absolute Gasteiger partial charge is 0.277 e. The topological polar surface area (TPSA) is 98.9 Å². The first-order valence-corrected chi connectivity index (χ1v) is 9.90. The van der Waals surface area contributed by atoms with E-state index in [0.29, 0.717) is 17.1 Å². The molecule has 0 atom stereocenters. The van der Waals surface area contributed by atoms with Crippen molar-refractivity contribution in [1.82, 2.24) is 24.1 Å². The molecule has 0 spiro atoms. The van der Waals surface area contributed by atoms with Gasteiger partial charge in [0.15, 0.2) is 5.82 Å². The summed E-state index contributed by atoms with van der Waals surface area (Å²) < 4.78 is 30.2. The number of nitrogens with one attached hydrogen (secondary N) is 1. The van der Waals surface area contributed by atoms with E-state index in [9.17, 15) is 13.2 Å². The summed E-state index contributed by atoms with van der Waals surface area (Å²) in [6.45, 7) is 3.75. The largest absolute Gasteiger partial charge is 0.346 e. The number of rotatable bonds is 6. The molecule has 0 aliphatic carbocycles. The summed E-state index contributed by atoms with van der Waals surface area (Å²) in [5, 5.41) is 4.27. The number of aryl methyl sites for hydroxylation is 2. The molecule has 3 aromatic rings. The first-order valence-electron chi connectivity index (χ1n) is 8.42. The van der Waals surface area contributed by atoms with Gasteiger partial charge in [0.05, 0.1) is 11.4 Å². The van der Waals surface area contributed by atoms with Crippen LogP contribution < -0.4 is 10.4 Å². The number of aromatic nitrogens is 4. The van der Waals surface area contributed by atoms with Crippen LogP contribution >= 0.6 is 0 Å². The number of hydrogen-bond acceptors (Lipinski definition) is 5. The predicted molar refractivity (Wildman–Crippen MR) is 102 cm³/mol.